The van der Waals surface area contributed by atoms with Crippen molar-refractivity contribution in [1.82, 2.24) is 0 Å². The van der Waals surface area contributed by atoms with E-state index < -0.39 is 5.97 Å². The summed E-state index contributed by atoms with van der Waals surface area (Å²) in [7, 11) is 0. The highest BCUT2D eigenvalue weighted by Crippen LogP contribution is 2.00. The number of hydrogen-bond acceptors (Lipinski definition) is 3. The first-order valence-electron chi connectivity index (χ1n) is 6.19. The molecule has 0 radical (unpaired) electrons. The van der Waals surface area contributed by atoms with Gasteiger partial charge in [0.25, 0.3) is 0 Å². The van der Waals surface area contributed by atoms with Crippen LogP contribution >= 0.6 is 0 Å². The molecule has 0 amide bonds. The van der Waals surface area contributed by atoms with E-state index in [1.54, 1.807) is 13.8 Å². The van der Waals surface area contributed by atoms with Crippen LogP contribution in [0.4, 0.5) is 0 Å². The summed E-state index contributed by atoms with van der Waals surface area (Å²) in [6, 6.07) is 0. The van der Waals surface area contributed by atoms with Crippen LogP contribution < -0.4 is 0 Å². The van der Waals surface area contributed by atoms with E-state index in [1.807, 2.05) is 6.92 Å². The van der Waals surface area contributed by atoms with Crippen molar-refractivity contribution in [3.63, 3.8) is 0 Å². The topological polar surface area (TPSA) is 63.6 Å². The van der Waals surface area contributed by atoms with E-state index >= 15 is 0 Å². The maximum absolute atomic E-state index is 10.8. The fraction of sp³-hybridized carbons (Fsp3) is 0.846. The molecule has 0 atom stereocenters. The Bertz CT molecular complexity index is 209. The second-order valence-corrected chi connectivity index (χ2v) is 4.65. The fourth-order valence-electron chi connectivity index (χ4n) is 0.685. The molecular weight excluding hydrogens is 220 g/mol. The molecule has 17 heavy (non-hydrogen) atoms. The van der Waals surface area contributed by atoms with Crippen molar-refractivity contribution < 1.29 is 19.4 Å². The van der Waals surface area contributed by atoms with Crippen molar-refractivity contribution >= 4 is 11.9 Å². The van der Waals surface area contributed by atoms with Crippen LogP contribution in [0.1, 0.15) is 53.9 Å². The second-order valence-electron chi connectivity index (χ2n) is 4.65. The zero-order valence-electron chi connectivity index (χ0n) is 11.7. The van der Waals surface area contributed by atoms with Gasteiger partial charge in [-0.05, 0) is 18.8 Å². The van der Waals surface area contributed by atoms with E-state index in [-0.39, 0.29) is 11.9 Å². The zero-order valence-corrected chi connectivity index (χ0v) is 11.7. The lowest BCUT2D eigenvalue weighted by molar-refractivity contribution is -0.144. The Morgan fingerprint density at radius 3 is 1.94 bits per heavy atom. The molecule has 0 fully saturated rings. The van der Waals surface area contributed by atoms with Gasteiger partial charge in [0.2, 0.25) is 0 Å². The lowest BCUT2D eigenvalue weighted by Crippen LogP contribution is -2.06. The average molecular weight is 246 g/mol. The molecule has 0 aliphatic rings. The number of carboxylic acid groups (broad SMARTS) is 1. The number of hydrogen-bond donors (Lipinski definition) is 1. The van der Waals surface area contributed by atoms with Crippen LogP contribution in [0.25, 0.3) is 0 Å². The van der Waals surface area contributed by atoms with Crippen LogP contribution in [0.5, 0.6) is 0 Å². The van der Waals surface area contributed by atoms with Crippen LogP contribution in [-0.2, 0) is 14.3 Å². The zero-order chi connectivity index (χ0) is 13.8. The molecule has 1 N–H and O–H groups in total. The van der Waals surface area contributed by atoms with Crippen molar-refractivity contribution in [2.45, 2.75) is 53.9 Å². The average Bonchev–Trinajstić information content (AvgIpc) is 2.18. The summed E-state index contributed by atoms with van der Waals surface area (Å²) in [5.74, 6) is -0.419. The summed E-state index contributed by atoms with van der Waals surface area (Å²) in [6.45, 7) is 10.1. The Labute approximate surface area is 104 Å². The molecule has 0 saturated heterocycles. The van der Waals surface area contributed by atoms with Crippen LogP contribution in [-0.4, -0.2) is 23.7 Å². The molecular formula is C13H26O4. The van der Waals surface area contributed by atoms with E-state index in [0.717, 1.165) is 12.8 Å². The van der Waals surface area contributed by atoms with Gasteiger partial charge in [0.15, 0.2) is 0 Å². The molecule has 4 nitrogen and oxygen atoms in total. The summed E-state index contributed by atoms with van der Waals surface area (Å²) in [5, 5.41) is 7.99. The van der Waals surface area contributed by atoms with Gasteiger partial charge >= 0.3 is 11.9 Å². The van der Waals surface area contributed by atoms with Crippen molar-refractivity contribution in [3.8, 4) is 0 Å². The molecule has 0 bridgehead atoms. The minimum atomic E-state index is -0.741. The number of aliphatic carboxylic acids is 1. The Hall–Kier alpha value is -1.06. The first kappa shape index (κ1) is 18.3. The molecule has 0 aliphatic carbocycles. The van der Waals surface area contributed by atoms with Crippen LogP contribution in [0.15, 0.2) is 0 Å². The van der Waals surface area contributed by atoms with Crippen molar-refractivity contribution in [3.05, 3.63) is 0 Å². The fourth-order valence-corrected chi connectivity index (χ4v) is 0.685. The van der Waals surface area contributed by atoms with Crippen LogP contribution in [0, 0.1) is 11.8 Å². The van der Waals surface area contributed by atoms with Gasteiger partial charge in [-0.2, -0.15) is 0 Å². The quantitative estimate of drug-likeness (QED) is 0.731. The minimum absolute atomic E-state index is 0.0619. The SMILES string of the molecule is CC(C)C(=O)O.CCCC(=O)OCCC(C)C. The van der Waals surface area contributed by atoms with Crippen LogP contribution in [0.2, 0.25) is 0 Å². The van der Waals surface area contributed by atoms with Gasteiger partial charge in [0.1, 0.15) is 0 Å². The van der Waals surface area contributed by atoms with Gasteiger partial charge in [-0.15, -0.1) is 0 Å². The van der Waals surface area contributed by atoms with E-state index in [0.29, 0.717) is 18.9 Å². The highest BCUT2D eigenvalue weighted by molar-refractivity contribution is 5.69. The predicted octanol–water partition coefficient (Wildman–Crippen LogP) is 3.10. The van der Waals surface area contributed by atoms with Gasteiger partial charge in [-0.25, -0.2) is 0 Å². The summed E-state index contributed by atoms with van der Waals surface area (Å²) in [5.41, 5.74) is 0. The van der Waals surface area contributed by atoms with Gasteiger partial charge < -0.3 is 9.84 Å². The van der Waals surface area contributed by atoms with Crippen molar-refractivity contribution in [1.29, 1.82) is 0 Å². The molecule has 0 aromatic heterocycles. The lowest BCUT2D eigenvalue weighted by Gasteiger charge is -2.05. The second kappa shape index (κ2) is 11.4. The first-order chi connectivity index (χ1) is 7.81. The van der Waals surface area contributed by atoms with Crippen molar-refractivity contribution in [2.24, 2.45) is 11.8 Å². The van der Waals surface area contributed by atoms with Gasteiger partial charge in [-0.1, -0.05) is 34.6 Å². The largest absolute Gasteiger partial charge is 0.481 e. The highest BCUT2D eigenvalue weighted by atomic mass is 16.5. The Kier molecular flexibility index (Phi) is 12.3. The van der Waals surface area contributed by atoms with Gasteiger partial charge in [0.05, 0.1) is 12.5 Å². The minimum Gasteiger partial charge on any atom is -0.481 e. The monoisotopic (exact) mass is 246 g/mol. The molecule has 0 aromatic carbocycles. The summed E-state index contributed by atoms with van der Waals surface area (Å²) < 4.78 is 4.95. The number of carbonyl (C=O) groups is 2. The third kappa shape index (κ3) is 17.5. The van der Waals surface area contributed by atoms with E-state index in [9.17, 15) is 9.59 Å². The van der Waals surface area contributed by atoms with Crippen LogP contribution in [0.3, 0.4) is 0 Å². The molecule has 0 unspecified atom stereocenters. The first-order valence-corrected chi connectivity index (χ1v) is 6.19. The highest BCUT2D eigenvalue weighted by Gasteiger charge is 2.00. The number of esters is 1. The molecule has 0 spiro atoms. The summed E-state index contributed by atoms with van der Waals surface area (Å²) in [4.78, 5) is 20.5. The molecule has 4 heteroatoms. The summed E-state index contributed by atoms with van der Waals surface area (Å²) in [6.07, 6.45) is 2.40. The molecule has 0 saturated carbocycles. The maximum Gasteiger partial charge on any atom is 0.305 e. The molecule has 0 rings (SSSR count). The molecule has 0 aromatic rings. The standard InChI is InChI=1S/C9H18O2.C4H8O2/c1-4-5-9(10)11-7-6-8(2)3;1-3(2)4(5)6/h8H,4-7H2,1-3H3;3H,1-2H3,(H,5,6). The smallest absolute Gasteiger partial charge is 0.305 e. The van der Waals surface area contributed by atoms with Gasteiger partial charge in [0, 0.05) is 6.42 Å². The number of carbonyl (C=O) groups excluding carboxylic acids is 1. The Morgan fingerprint density at radius 2 is 1.65 bits per heavy atom. The number of rotatable bonds is 6. The van der Waals surface area contributed by atoms with E-state index in [4.69, 9.17) is 9.84 Å². The normalized spacial score (nSPS) is 9.82. The Morgan fingerprint density at radius 1 is 1.18 bits per heavy atom. The lowest BCUT2D eigenvalue weighted by atomic mass is 10.1. The Balaban J connectivity index is 0. The van der Waals surface area contributed by atoms with Gasteiger partial charge in [-0.3, -0.25) is 9.59 Å². The number of ether oxygens (including phenoxy) is 1. The molecule has 0 aliphatic heterocycles. The molecule has 0 heterocycles. The van der Waals surface area contributed by atoms with E-state index in [1.165, 1.54) is 0 Å². The predicted molar refractivity (Wildman–Crippen MR) is 67.8 cm³/mol. The number of carboxylic acids is 1. The van der Waals surface area contributed by atoms with Crippen molar-refractivity contribution in [2.75, 3.05) is 6.61 Å². The third-order valence-corrected chi connectivity index (χ3v) is 1.91. The third-order valence-electron chi connectivity index (χ3n) is 1.91. The van der Waals surface area contributed by atoms with E-state index in [2.05, 4.69) is 13.8 Å². The summed E-state index contributed by atoms with van der Waals surface area (Å²) >= 11 is 0. The molecule has 102 valence electrons. The maximum atomic E-state index is 10.8.